The Morgan fingerprint density at radius 2 is 1.62 bits per heavy atom. The van der Waals surface area contributed by atoms with Crippen LogP contribution < -0.4 is 5.32 Å². The maximum atomic E-state index is 12.5. The molecule has 0 aromatic heterocycles. The topological polar surface area (TPSA) is 49.4 Å². The van der Waals surface area contributed by atoms with Gasteiger partial charge in [0.2, 0.25) is 11.8 Å². The van der Waals surface area contributed by atoms with E-state index in [1.807, 2.05) is 4.90 Å². The molecule has 4 nitrogen and oxygen atoms in total. The van der Waals surface area contributed by atoms with Gasteiger partial charge in [-0.1, -0.05) is 0 Å². The van der Waals surface area contributed by atoms with Crippen LogP contribution in [0.2, 0.25) is 0 Å². The average Bonchev–Trinajstić information content (AvgIpc) is 2.82. The molecular formula is C20H32N2O2. The molecule has 5 aliphatic rings. The Kier molecular flexibility index (Phi) is 3.92. The van der Waals surface area contributed by atoms with Crippen molar-refractivity contribution in [2.75, 3.05) is 13.1 Å². The summed E-state index contributed by atoms with van der Waals surface area (Å²) in [4.78, 5) is 26.9. The number of rotatable bonds is 4. The average molecular weight is 332 g/mol. The van der Waals surface area contributed by atoms with Crippen molar-refractivity contribution in [1.29, 1.82) is 0 Å². The van der Waals surface area contributed by atoms with Crippen molar-refractivity contribution in [1.82, 2.24) is 10.2 Å². The zero-order valence-electron chi connectivity index (χ0n) is 15.3. The van der Waals surface area contributed by atoms with Gasteiger partial charge >= 0.3 is 0 Å². The first-order chi connectivity index (χ1) is 11.4. The van der Waals surface area contributed by atoms with Crippen LogP contribution in [0.1, 0.15) is 71.6 Å². The highest BCUT2D eigenvalue weighted by Gasteiger charge is 2.51. The molecule has 134 valence electrons. The van der Waals surface area contributed by atoms with E-state index in [9.17, 15) is 9.59 Å². The van der Waals surface area contributed by atoms with Gasteiger partial charge in [-0.2, -0.15) is 0 Å². The molecule has 4 saturated carbocycles. The predicted octanol–water partition coefficient (Wildman–Crippen LogP) is 3.11. The van der Waals surface area contributed by atoms with Crippen LogP contribution >= 0.6 is 0 Å². The van der Waals surface area contributed by atoms with Gasteiger partial charge in [0.25, 0.3) is 0 Å². The largest absolute Gasteiger partial charge is 0.347 e. The second kappa shape index (κ2) is 5.74. The maximum Gasteiger partial charge on any atom is 0.242 e. The third-order valence-corrected chi connectivity index (χ3v) is 7.34. The number of nitrogens with zero attached hydrogens (tertiary/aromatic N) is 1. The monoisotopic (exact) mass is 332 g/mol. The lowest BCUT2D eigenvalue weighted by atomic mass is 9.49. The summed E-state index contributed by atoms with van der Waals surface area (Å²) in [5.74, 6) is 2.79. The molecule has 0 unspecified atom stereocenters. The van der Waals surface area contributed by atoms with Crippen molar-refractivity contribution in [2.24, 2.45) is 23.2 Å². The Morgan fingerprint density at radius 1 is 1.04 bits per heavy atom. The minimum Gasteiger partial charge on any atom is -0.347 e. The van der Waals surface area contributed by atoms with Crippen molar-refractivity contribution < 1.29 is 9.59 Å². The van der Waals surface area contributed by atoms with E-state index in [-0.39, 0.29) is 29.3 Å². The van der Waals surface area contributed by atoms with E-state index >= 15 is 0 Å². The summed E-state index contributed by atoms with van der Waals surface area (Å²) in [7, 11) is 0. The zero-order valence-corrected chi connectivity index (χ0v) is 15.3. The Balaban J connectivity index is 1.30. The van der Waals surface area contributed by atoms with Crippen LogP contribution in [0.15, 0.2) is 0 Å². The molecule has 4 bridgehead atoms. The lowest BCUT2D eigenvalue weighted by molar-refractivity contribution is -0.137. The van der Waals surface area contributed by atoms with E-state index < -0.39 is 0 Å². The fraction of sp³-hybridized carbons (Fsp3) is 0.900. The molecule has 24 heavy (non-hydrogen) atoms. The minimum absolute atomic E-state index is 0.0538. The number of amides is 2. The summed E-state index contributed by atoms with van der Waals surface area (Å²) in [6.07, 6.45) is 10.7. The standard InChI is InChI=1S/C20H32N2O2/c1-19(2)4-3-5-22(19)18(24)13-21-17(23)12-20-9-14-6-15(10-20)8-16(7-14)11-20/h14-16H,3-13H2,1-2H3,(H,21,23). The first-order valence-electron chi connectivity index (χ1n) is 9.92. The van der Waals surface area contributed by atoms with Crippen LogP contribution in [0, 0.1) is 23.2 Å². The quantitative estimate of drug-likeness (QED) is 0.860. The van der Waals surface area contributed by atoms with E-state index in [1.165, 1.54) is 38.5 Å². The number of likely N-dealkylation sites (tertiary alicyclic amines) is 1. The molecule has 0 spiro atoms. The van der Waals surface area contributed by atoms with Gasteiger partial charge in [-0.05, 0) is 88.4 Å². The Morgan fingerprint density at radius 3 is 2.12 bits per heavy atom. The molecule has 0 radical (unpaired) electrons. The molecule has 0 atom stereocenters. The Labute approximate surface area is 145 Å². The third-order valence-electron chi connectivity index (χ3n) is 7.34. The van der Waals surface area contributed by atoms with Crippen LogP contribution in [0.3, 0.4) is 0 Å². The first kappa shape index (κ1) is 16.4. The zero-order chi connectivity index (χ0) is 16.9. The SMILES string of the molecule is CC1(C)CCCN1C(=O)CNC(=O)CC12CC3CC(CC(C3)C1)C2. The van der Waals surface area contributed by atoms with Crippen molar-refractivity contribution >= 4 is 11.8 Å². The fourth-order valence-corrected chi connectivity index (χ4v) is 6.75. The van der Waals surface area contributed by atoms with Crippen LogP contribution in [-0.4, -0.2) is 35.3 Å². The van der Waals surface area contributed by atoms with Crippen LogP contribution in [0.25, 0.3) is 0 Å². The smallest absolute Gasteiger partial charge is 0.242 e. The summed E-state index contributed by atoms with van der Waals surface area (Å²) in [6, 6.07) is 0. The highest BCUT2D eigenvalue weighted by atomic mass is 16.2. The molecule has 1 N–H and O–H groups in total. The summed E-state index contributed by atoms with van der Waals surface area (Å²) in [5.41, 5.74) is 0.205. The summed E-state index contributed by atoms with van der Waals surface area (Å²) in [5, 5.41) is 2.94. The Bertz CT molecular complexity index is 504. The van der Waals surface area contributed by atoms with Gasteiger partial charge in [0, 0.05) is 18.5 Å². The van der Waals surface area contributed by atoms with Gasteiger partial charge < -0.3 is 10.2 Å². The van der Waals surface area contributed by atoms with Crippen LogP contribution in [0.4, 0.5) is 0 Å². The second-order valence-electron chi connectivity index (χ2n) is 9.83. The van der Waals surface area contributed by atoms with Gasteiger partial charge in [-0.25, -0.2) is 0 Å². The van der Waals surface area contributed by atoms with Crippen molar-refractivity contribution in [3.63, 3.8) is 0 Å². The number of nitrogens with one attached hydrogen (secondary N) is 1. The highest BCUT2D eigenvalue weighted by molar-refractivity contribution is 5.85. The van der Waals surface area contributed by atoms with E-state index in [1.54, 1.807) is 0 Å². The number of hydrogen-bond acceptors (Lipinski definition) is 2. The van der Waals surface area contributed by atoms with Gasteiger partial charge in [0.1, 0.15) is 0 Å². The van der Waals surface area contributed by atoms with Gasteiger partial charge in [-0.3, -0.25) is 9.59 Å². The first-order valence-corrected chi connectivity index (χ1v) is 9.92. The molecule has 5 fully saturated rings. The molecule has 0 aromatic carbocycles. The normalized spacial score (nSPS) is 39.2. The molecular weight excluding hydrogens is 300 g/mol. The number of carbonyl (C=O) groups is 2. The Hall–Kier alpha value is -1.06. The second-order valence-corrected chi connectivity index (χ2v) is 9.83. The molecule has 2 amide bonds. The lowest BCUT2D eigenvalue weighted by Crippen LogP contribution is -2.50. The van der Waals surface area contributed by atoms with Gasteiger partial charge in [-0.15, -0.1) is 0 Å². The predicted molar refractivity (Wildman–Crippen MR) is 93.3 cm³/mol. The molecule has 4 heteroatoms. The maximum absolute atomic E-state index is 12.5. The number of hydrogen-bond donors (Lipinski definition) is 1. The van der Waals surface area contributed by atoms with E-state index in [0.717, 1.165) is 37.1 Å². The van der Waals surface area contributed by atoms with Crippen LogP contribution in [-0.2, 0) is 9.59 Å². The van der Waals surface area contributed by atoms with Crippen molar-refractivity contribution in [3.8, 4) is 0 Å². The van der Waals surface area contributed by atoms with Gasteiger partial charge in [0.05, 0.1) is 6.54 Å². The lowest BCUT2D eigenvalue weighted by Gasteiger charge is -2.56. The fourth-order valence-electron chi connectivity index (χ4n) is 6.75. The minimum atomic E-state index is -0.0538. The molecule has 5 rings (SSSR count). The van der Waals surface area contributed by atoms with Gasteiger partial charge in [0.15, 0.2) is 0 Å². The molecule has 0 aromatic rings. The van der Waals surface area contributed by atoms with E-state index in [2.05, 4.69) is 19.2 Å². The number of carbonyl (C=O) groups excluding carboxylic acids is 2. The highest BCUT2D eigenvalue weighted by Crippen LogP contribution is 2.61. The molecule has 4 aliphatic carbocycles. The van der Waals surface area contributed by atoms with Crippen LogP contribution in [0.5, 0.6) is 0 Å². The van der Waals surface area contributed by atoms with E-state index in [4.69, 9.17) is 0 Å². The molecule has 1 heterocycles. The third kappa shape index (κ3) is 2.97. The summed E-state index contributed by atoms with van der Waals surface area (Å²) >= 11 is 0. The van der Waals surface area contributed by atoms with E-state index in [0.29, 0.717) is 6.42 Å². The summed E-state index contributed by atoms with van der Waals surface area (Å²) in [6.45, 7) is 5.25. The molecule has 1 saturated heterocycles. The van der Waals surface area contributed by atoms with Crippen molar-refractivity contribution in [2.45, 2.75) is 77.2 Å². The van der Waals surface area contributed by atoms with Crippen molar-refractivity contribution in [3.05, 3.63) is 0 Å². The molecule has 1 aliphatic heterocycles. The summed E-state index contributed by atoms with van der Waals surface area (Å²) < 4.78 is 0.